The highest BCUT2D eigenvalue weighted by Crippen LogP contribution is 2.23. The van der Waals surface area contributed by atoms with Crippen LogP contribution in [0.5, 0.6) is 5.75 Å². The van der Waals surface area contributed by atoms with E-state index in [2.05, 4.69) is 10.3 Å². The average Bonchev–Trinajstić information content (AvgIpc) is 2.94. The maximum absolute atomic E-state index is 12.4. The number of nitrogens with one attached hydrogen (secondary N) is 2. The fraction of sp³-hybridized carbons (Fsp3) is 0.118. The Balaban J connectivity index is 1.90. The third kappa shape index (κ3) is 2.61. The number of ether oxygens (including phenoxy) is 1. The molecule has 0 unspecified atom stereocenters. The molecule has 3 rings (SSSR count). The third-order valence-corrected chi connectivity index (χ3v) is 3.53. The quantitative estimate of drug-likeness (QED) is 0.648. The van der Waals surface area contributed by atoms with Gasteiger partial charge in [-0.15, -0.1) is 0 Å². The lowest BCUT2D eigenvalue weighted by Gasteiger charge is -2.08. The lowest BCUT2D eigenvalue weighted by atomic mass is 10.2. The van der Waals surface area contributed by atoms with Crippen molar-refractivity contribution in [2.24, 2.45) is 0 Å². The number of aromatic nitrogens is 1. The highest BCUT2D eigenvalue weighted by atomic mass is 16.5. The van der Waals surface area contributed by atoms with Gasteiger partial charge in [0.1, 0.15) is 11.4 Å². The number of fused-ring (bicyclic) bond motifs is 1. The molecule has 5 nitrogen and oxygen atoms in total. The van der Waals surface area contributed by atoms with Crippen LogP contribution in [-0.4, -0.2) is 18.0 Å². The van der Waals surface area contributed by atoms with E-state index >= 15 is 0 Å². The van der Waals surface area contributed by atoms with Crippen molar-refractivity contribution in [2.45, 2.75) is 6.92 Å². The second-order valence-electron chi connectivity index (χ2n) is 5.18. The predicted molar refractivity (Wildman–Crippen MR) is 88.4 cm³/mol. The number of carbonyl (C=O) groups excluding carboxylic acids is 1. The van der Waals surface area contributed by atoms with Gasteiger partial charge in [-0.2, -0.15) is 0 Å². The van der Waals surface area contributed by atoms with Gasteiger partial charge in [0.05, 0.1) is 18.5 Å². The van der Waals surface area contributed by atoms with Crippen LogP contribution < -0.4 is 15.8 Å². The Labute approximate surface area is 128 Å². The first-order chi connectivity index (χ1) is 10.6. The number of nitrogens with two attached hydrogens (primary N) is 1. The van der Waals surface area contributed by atoms with Crippen LogP contribution in [0.15, 0.2) is 42.5 Å². The van der Waals surface area contributed by atoms with Crippen LogP contribution >= 0.6 is 0 Å². The minimum absolute atomic E-state index is 0.229. The zero-order valence-electron chi connectivity index (χ0n) is 12.4. The fourth-order valence-corrected chi connectivity index (χ4v) is 2.33. The van der Waals surface area contributed by atoms with Crippen LogP contribution in [-0.2, 0) is 0 Å². The zero-order chi connectivity index (χ0) is 15.7. The number of hydrogen-bond acceptors (Lipinski definition) is 3. The molecule has 0 aliphatic heterocycles. The van der Waals surface area contributed by atoms with E-state index in [9.17, 15) is 4.79 Å². The molecule has 5 heteroatoms. The summed E-state index contributed by atoms with van der Waals surface area (Å²) >= 11 is 0. The summed E-state index contributed by atoms with van der Waals surface area (Å²) in [6.45, 7) is 1.95. The van der Waals surface area contributed by atoms with Crippen molar-refractivity contribution in [3.63, 3.8) is 0 Å². The van der Waals surface area contributed by atoms with Gasteiger partial charge in [-0.05, 0) is 48.9 Å². The highest BCUT2D eigenvalue weighted by molar-refractivity contribution is 6.07. The summed E-state index contributed by atoms with van der Waals surface area (Å²) in [4.78, 5) is 15.5. The van der Waals surface area contributed by atoms with Crippen LogP contribution in [0.1, 0.15) is 16.1 Å². The van der Waals surface area contributed by atoms with E-state index in [1.807, 2.05) is 37.3 Å². The number of methoxy groups -OCH3 is 1. The monoisotopic (exact) mass is 295 g/mol. The predicted octanol–water partition coefficient (Wildman–Crippen LogP) is 3.32. The van der Waals surface area contributed by atoms with Crippen LogP contribution in [0.25, 0.3) is 10.9 Å². The van der Waals surface area contributed by atoms with Gasteiger partial charge >= 0.3 is 0 Å². The number of rotatable bonds is 3. The van der Waals surface area contributed by atoms with Crippen molar-refractivity contribution in [3.05, 3.63) is 53.7 Å². The first kappa shape index (κ1) is 14.0. The van der Waals surface area contributed by atoms with Gasteiger partial charge in [0, 0.05) is 10.9 Å². The van der Waals surface area contributed by atoms with Gasteiger partial charge in [0.25, 0.3) is 5.91 Å². The number of aryl methyl sites for hydroxylation is 1. The largest absolute Gasteiger partial charge is 0.497 e. The standard InChI is InChI=1S/C17H17N3O2/c1-10-3-5-13(18)15(7-10)20-17(21)16-9-11-8-12(22-2)4-6-14(11)19-16/h3-9,19H,18H2,1-2H3,(H,20,21). The number of H-pyrrole nitrogens is 1. The zero-order valence-corrected chi connectivity index (χ0v) is 12.4. The van der Waals surface area contributed by atoms with Crippen molar-refractivity contribution >= 4 is 28.2 Å². The Morgan fingerprint density at radius 3 is 2.77 bits per heavy atom. The molecule has 0 fully saturated rings. The number of benzene rings is 2. The minimum Gasteiger partial charge on any atom is -0.497 e. The average molecular weight is 295 g/mol. The van der Waals surface area contributed by atoms with E-state index < -0.39 is 0 Å². The molecule has 0 aliphatic carbocycles. The normalized spacial score (nSPS) is 10.6. The molecule has 0 spiro atoms. The molecule has 0 atom stereocenters. The maximum atomic E-state index is 12.4. The molecule has 1 aromatic heterocycles. The fourth-order valence-electron chi connectivity index (χ4n) is 2.33. The van der Waals surface area contributed by atoms with E-state index in [-0.39, 0.29) is 5.91 Å². The van der Waals surface area contributed by atoms with Gasteiger partial charge in [0.15, 0.2) is 0 Å². The summed E-state index contributed by atoms with van der Waals surface area (Å²) in [6, 6.07) is 12.9. The van der Waals surface area contributed by atoms with Crippen molar-refractivity contribution in [2.75, 3.05) is 18.2 Å². The molecule has 0 bridgehead atoms. The number of carbonyl (C=O) groups is 1. The first-order valence-corrected chi connectivity index (χ1v) is 6.91. The lowest BCUT2D eigenvalue weighted by molar-refractivity contribution is 0.102. The van der Waals surface area contributed by atoms with Crippen LogP contribution in [0.3, 0.4) is 0 Å². The molecule has 2 aromatic carbocycles. The van der Waals surface area contributed by atoms with Crippen molar-refractivity contribution in [1.82, 2.24) is 4.98 Å². The maximum Gasteiger partial charge on any atom is 0.272 e. The molecule has 3 aromatic rings. The summed E-state index contributed by atoms with van der Waals surface area (Å²) in [5, 5.41) is 3.75. The molecule has 22 heavy (non-hydrogen) atoms. The van der Waals surface area contributed by atoms with Gasteiger partial charge < -0.3 is 20.8 Å². The molecule has 0 aliphatic rings. The Morgan fingerprint density at radius 1 is 1.18 bits per heavy atom. The van der Waals surface area contributed by atoms with E-state index in [1.165, 1.54) is 0 Å². The lowest BCUT2D eigenvalue weighted by Crippen LogP contribution is -2.13. The van der Waals surface area contributed by atoms with E-state index in [0.717, 1.165) is 22.2 Å². The Morgan fingerprint density at radius 2 is 2.00 bits per heavy atom. The second-order valence-corrected chi connectivity index (χ2v) is 5.18. The molecule has 0 radical (unpaired) electrons. The van der Waals surface area contributed by atoms with Gasteiger partial charge in [-0.25, -0.2) is 0 Å². The summed E-state index contributed by atoms with van der Waals surface area (Å²) in [5.74, 6) is 0.522. The Kier molecular flexibility index (Phi) is 3.47. The summed E-state index contributed by atoms with van der Waals surface area (Å²) in [6.07, 6.45) is 0. The topological polar surface area (TPSA) is 80.1 Å². The van der Waals surface area contributed by atoms with Crippen LogP contribution in [0.4, 0.5) is 11.4 Å². The Bertz CT molecular complexity index is 852. The molecular formula is C17H17N3O2. The van der Waals surface area contributed by atoms with Crippen LogP contribution in [0.2, 0.25) is 0 Å². The van der Waals surface area contributed by atoms with Gasteiger partial charge in [0.2, 0.25) is 0 Å². The molecule has 112 valence electrons. The van der Waals surface area contributed by atoms with E-state index in [1.54, 1.807) is 19.2 Å². The summed E-state index contributed by atoms with van der Waals surface area (Å²) in [7, 11) is 1.61. The molecular weight excluding hydrogens is 278 g/mol. The number of amides is 1. The molecule has 1 heterocycles. The third-order valence-electron chi connectivity index (χ3n) is 3.53. The first-order valence-electron chi connectivity index (χ1n) is 6.91. The molecule has 4 N–H and O–H groups in total. The summed E-state index contributed by atoms with van der Waals surface area (Å²) in [5.41, 5.74) is 9.43. The van der Waals surface area contributed by atoms with Crippen molar-refractivity contribution < 1.29 is 9.53 Å². The second kappa shape index (κ2) is 5.44. The van der Waals surface area contributed by atoms with Gasteiger partial charge in [-0.1, -0.05) is 6.07 Å². The highest BCUT2D eigenvalue weighted by Gasteiger charge is 2.12. The molecule has 1 amide bonds. The van der Waals surface area contributed by atoms with Crippen LogP contribution in [0, 0.1) is 6.92 Å². The number of anilines is 2. The Hall–Kier alpha value is -2.95. The smallest absolute Gasteiger partial charge is 0.272 e. The number of nitrogen functional groups attached to an aromatic ring is 1. The van der Waals surface area contributed by atoms with E-state index in [4.69, 9.17) is 10.5 Å². The number of hydrogen-bond donors (Lipinski definition) is 3. The SMILES string of the molecule is COc1ccc2[nH]c(C(=O)Nc3cc(C)ccc3N)cc2c1. The van der Waals surface area contributed by atoms with Crippen molar-refractivity contribution in [1.29, 1.82) is 0 Å². The van der Waals surface area contributed by atoms with E-state index in [0.29, 0.717) is 17.1 Å². The molecule has 0 saturated heterocycles. The molecule has 0 saturated carbocycles. The van der Waals surface area contributed by atoms with Gasteiger partial charge in [-0.3, -0.25) is 4.79 Å². The minimum atomic E-state index is -0.229. The number of aromatic amines is 1. The summed E-state index contributed by atoms with van der Waals surface area (Å²) < 4.78 is 5.19. The van der Waals surface area contributed by atoms with Crippen molar-refractivity contribution in [3.8, 4) is 5.75 Å².